The molecule has 0 spiro atoms. The Morgan fingerprint density at radius 1 is 1.47 bits per heavy atom. The zero-order valence-electron chi connectivity index (χ0n) is 10.5. The van der Waals surface area contributed by atoms with E-state index in [0.717, 1.165) is 25.9 Å². The van der Waals surface area contributed by atoms with E-state index >= 15 is 0 Å². The zero-order valence-corrected chi connectivity index (χ0v) is 10.5. The molecule has 1 fully saturated rings. The molecule has 1 aromatic rings. The van der Waals surface area contributed by atoms with Crippen molar-refractivity contribution in [1.29, 1.82) is 0 Å². The average Bonchev–Trinajstić information content (AvgIpc) is 2.45. The minimum Gasteiger partial charge on any atom is -0.376 e. The highest BCUT2D eigenvalue weighted by molar-refractivity contribution is 5.54. The van der Waals surface area contributed by atoms with E-state index in [4.69, 9.17) is 10.6 Å². The van der Waals surface area contributed by atoms with Crippen molar-refractivity contribution >= 4 is 17.3 Å². The third kappa shape index (κ3) is 3.76. The van der Waals surface area contributed by atoms with Gasteiger partial charge in [-0.25, -0.2) is 10.8 Å². The van der Waals surface area contributed by atoms with E-state index in [2.05, 4.69) is 15.7 Å². The molecule has 2 heterocycles. The van der Waals surface area contributed by atoms with Gasteiger partial charge in [0, 0.05) is 13.2 Å². The maximum atomic E-state index is 10.8. The fraction of sp³-hybridized carbons (Fsp3) is 0.545. The summed E-state index contributed by atoms with van der Waals surface area (Å²) in [6.07, 6.45) is 3.35. The van der Waals surface area contributed by atoms with Crippen molar-refractivity contribution in [3.63, 3.8) is 0 Å². The van der Waals surface area contributed by atoms with Gasteiger partial charge in [-0.3, -0.25) is 10.1 Å². The monoisotopic (exact) mass is 267 g/mol. The fourth-order valence-electron chi connectivity index (χ4n) is 1.97. The van der Waals surface area contributed by atoms with Crippen LogP contribution in [-0.4, -0.2) is 29.2 Å². The molecule has 104 valence electrons. The number of hydrogen-bond donors (Lipinski definition) is 3. The van der Waals surface area contributed by atoms with Gasteiger partial charge in [-0.1, -0.05) is 0 Å². The number of nitrogen functional groups attached to an aromatic ring is 1. The van der Waals surface area contributed by atoms with Crippen LogP contribution in [0.4, 0.5) is 17.3 Å². The van der Waals surface area contributed by atoms with Gasteiger partial charge in [-0.15, -0.1) is 0 Å². The summed E-state index contributed by atoms with van der Waals surface area (Å²) in [4.78, 5) is 14.4. The summed E-state index contributed by atoms with van der Waals surface area (Å²) in [5, 5.41) is 13.8. The Bertz CT molecular complexity index is 448. The number of pyridine rings is 1. The first kappa shape index (κ1) is 13.5. The number of nitrogens with one attached hydrogen (secondary N) is 2. The molecule has 1 aliphatic heterocycles. The van der Waals surface area contributed by atoms with Crippen molar-refractivity contribution in [2.24, 2.45) is 5.84 Å². The van der Waals surface area contributed by atoms with Crippen LogP contribution in [0.15, 0.2) is 12.1 Å². The molecule has 8 nitrogen and oxygen atoms in total. The number of nitro groups is 1. The Balaban J connectivity index is 2.02. The molecule has 1 aromatic heterocycles. The molecule has 1 unspecified atom stereocenters. The van der Waals surface area contributed by atoms with Crippen LogP contribution in [0.2, 0.25) is 0 Å². The van der Waals surface area contributed by atoms with E-state index in [0.29, 0.717) is 12.4 Å². The van der Waals surface area contributed by atoms with Crippen molar-refractivity contribution in [2.75, 3.05) is 23.9 Å². The molecule has 0 bridgehead atoms. The lowest BCUT2D eigenvalue weighted by Gasteiger charge is -2.22. The van der Waals surface area contributed by atoms with Gasteiger partial charge in [0.25, 0.3) is 5.69 Å². The average molecular weight is 267 g/mol. The SMILES string of the molecule is NNc1cc([N+](=O)[O-])cc(NCC2CCCCO2)n1. The van der Waals surface area contributed by atoms with E-state index in [9.17, 15) is 10.1 Å². The molecule has 1 aliphatic rings. The molecular formula is C11H17N5O3. The lowest BCUT2D eigenvalue weighted by atomic mass is 10.1. The van der Waals surface area contributed by atoms with E-state index in [-0.39, 0.29) is 17.6 Å². The highest BCUT2D eigenvalue weighted by atomic mass is 16.6. The number of hydrazine groups is 1. The number of anilines is 2. The molecule has 4 N–H and O–H groups in total. The second kappa shape index (κ2) is 6.30. The van der Waals surface area contributed by atoms with Crippen LogP contribution in [0.5, 0.6) is 0 Å². The van der Waals surface area contributed by atoms with Crippen LogP contribution in [-0.2, 0) is 4.74 Å². The van der Waals surface area contributed by atoms with Gasteiger partial charge in [0.1, 0.15) is 11.6 Å². The summed E-state index contributed by atoms with van der Waals surface area (Å²) >= 11 is 0. The Labute approximate surface area is 110 Å². The number of aromatic nitrogens is 1. The Morgan fingerprint density at radius 3 is 2.89 bits per heavy atom. The Kier molecular flexibility index (Phi) is 4.48. The largest absolute Gasteiger partial charge is 0.376 e. The third-order valence-electron chi connectivity index (χ3n) is 2.95. The van der Waals surface area contributed by atoms with Gasteiger partial charge in [0.15, 0.2) is 0 Å². The Morgan fingerprint density at radius 2 is 2.26 bits per heavy atom. The smallest absolute Gasteiger partial charge is 0.276 e. The van der Waals surface area contributed by atoms with E-state index in [1.165, 1.54) is 12.1 Å². The first-order chi connectivity index (χ1) is 9.19. The van der Waals surface area contributed by atoms with Crippen LogP contribution in [0.3, 0.4) is 0 Å². The van der Waals surface area contributed by atoms with Crippen molar-refractivity contribution in [2.45, 2.75) is 25.4 Å². The molecular weight excluding hydrogens is 250 g/mol. The highest BCUT2D eigenvalue weighted by Gasteiger charge is 2.15. The normalized spacial score (nSPS) is 18.9. The molecule has 1 atom stereocenters. The van der Waals surface area contributed by atoms with Crippen molar-refractivity contribution < 1.29 is 9.66 Å². The number of rotatable bonds is 5. The maximum absolute atomic E-state index is 10.8. The van der Waals surface area contributed by atoms with Gasteiger partial charge < -0.3 is 15.5 Å². The predicted octanol–water partition coefficient (Wildman–Crippen LogP) is 1.26. The standard InChI is InChI=1S/C11H17N5O3/c12-15-11-6-8(16(17)18)5-10(14-11)13-7-9-3-1-2-4-19-9/h5-6,9H,1-4,7,12H2,(H2,13,14,15). The molecule has 0 aromatic carbocycles. The van der Waals surface area contributed by atoms with Crippen LogP contribution in [0.25, 0.3) is 0 Å². The number of nitrogens with two attached hydrogens (primary N) is 1. The summed E-state index contributed by atoms with van der Waals surface area (Å²) in [7, 11) is 0. The van der Waals surface area contributed by atoms with Crippen LogP contribution in [0.1, 0.15) is 19.3 Å². The van der Waals surface area contributed by atoms with Crippen LogP contribution >= 0.6 is 0 Å². The molecule has 2 rings (SSSR count). The van der Waals surface area contributed by atoms with Gasteiger partial charge in [0.2, 0.25) is 0 Å². The van der Waals surface area contributed by atoms with E-state index in [1.807, 2.05) is 0 Å². The van der Waals surface area contributed by atoms with Crippen LogP contribution in [0, 0.1) is 10.1 Å². The third-order valence-corrected chi connectivity index (χ3v) is 2.95. The number of hydrogen-bond acceptors (Lipinski definition) is 7. The summed E-state index contributed by atoms with van der Waals surface area (Å²) in [5.41, 5.74) is 2.25. The van der Waals surface area contributed by atoms with Crippen molar-refractivity contribution in [3.8, 4) is 0 Å². The summed E-state index contributed by atoms with van der Waals surface area (Å²) in [5.74, 6) is 5.90. The first-order valence-electron chi connectivity index (χ1n) is 6.17. The maximum Gasteiger partial charge on any atom is 0.276 e. The topological polar surface area (TPSA) is 115 Å². The summed E-state index contributed by atoms with van der Waals surface area (Å²) < 4.78 is 5.57. The van der Waals surface area contributed by atoms with Gasteiger partial charge >= 0.3 is 0 Å². The molecule has 0 aliphatic carbocycles. The van der Waals surface area contributed by atoms with Crippen molar-refractivity contribution in [3.05, 3.63) is 22.2 Å². The molecule has 0 saturated carbocycles. The quantitative estimate of drug-likeness (QED) is 0.417. The molecule has 0 radical (unpaired) electrons. The van der Waals surface area contributed by atoms with Crippen LogP contribution < -0.4 is 16.6 Å². The fourth-order valence-corrected chi connectivity index (χ4v) is 1.97. The van der Waals surface area contributed by atoms with Gasteiger partial charge in [-0.2, -0.15) is 0 Å². The first-order valence-corrected chi connectivity index (χ1v) is 6.17. The Hall–Kier alpha value is -1.93. The zero-order chi connectivity index (χ0) is 13.7. The second-order valence-electron chi connectivity index (χ2n) is 4.37. The lowest BCUT2D eigenvalue weighted by Crippen LogP contribution is -2.27. The van der Waals surface area contributed by atoms with Gasteiger partial charge in [-0.05, 0) is 19.3 Å². The van der Waals surface area contributed by atoms with Gasteiger partial charge in [0.05, 0.1) is 23.2 Å². The van der Waals surface area contributed by atoms with Crippen molar-refractivity contribution in [1.82, 2.24) is 4.98 Å². The minimum absolute atomic E-state index is 0.0602. The van der Waals surface area contributed by atoms with E-state index in [1.54, 1.807) is 0 Å². The number of nitrogens with zero attached hydrogens (tertiary/aromatic N) is 2. The molecule has 19 heavy (non-hydrogen) atoms. The molecule has 8 heteroatoms. The highest BCUT2D eigenvalue weighted by Crippen LogP contribution is 2.20. The second-order valence-corrected chi connectivity index (χ2v) is 4.37. The number of ether oxygens (including phenoxy) is 1. The molecule has 0 amide bonds. The van der Waals surface area contributed by atoms with E-state index < -0.39 is 4.92 Å². The molecule has 1 saturated heterocycles. The lowest BCUT2D eigenvalue weighted by molar-refractivity contribution is -0.384. The predicted molar refractivity (Wildman–Crippen MR) is 70.8 cm³/mol. The minimum atomic E-state index is -0.481. The summed E-state index contributed by atoms with van der Waals surface area (Å²) in [6, 6.07) is 2.66. The summed E-state index contributed by atoms with van der Waals surface area (Å²) in [6.45, 7) is 1.35.